The molecular weight excluding hydrogens is 178 g/mol. The summed E-state index contributed by atoms with van der Waals surface area (Å²) in [6.07, 6.45) is 2.68. The molecule has 1 N–H and O–H groups in total. The molecule has 2 heteroatoms. The zero-order chi connectivity index (χ0) is 8.93. The molecule has 1 aromatic rings. The Hall–Kier alpha value is -0.630. The van der Waals surface area contributed by atoms with Crippen LogP contribution in [0, 0.1) is 0 Å². The van der Waals surface area contributed by atoms with Gasteiger partial charge in [0.15, 0.2) is 0 Å². The lowest BCUT2D eigenvalue weighted by molar-refractivity contribution is 0.685. The van der Waals surface area contributed by atoms with Gasteiger partial charge < -0.3 is 5.32 Å². The Bertz CT molecular complexity index is 242. The van der Waals surface area contributed by atoms with Crippen LogP contribution in [0.1, 0.15) is 12.8 Å². The largest absolute Gasteiger partial charge is 0.381 e. The topological polar surface area (TPSA) is 12.0 Å². The summed E-state index contributed by atoms with van der Waals surface area (Å²) in [7, 11) is 0. The van der Waals surface area contributed by atoms with Crippen LogP contribution in [-0.2, 0) is 0 Å². The minimum absolute atomic E-state index is 0.682. The van der Waals surface area contributed by atoms with Gasteiger partial charge >= 0.3 is 0 Å². The minimum atomic E-state index is 0.682. The third-order valence-electron chi connectivity index (χ3n) is 2.30. The maximum atomic E-state index is 3.56. The predicted octanol–water partition coefficient (Wildman–Crippen LogP) is 2.99. The molecule has 0 radical (unpaired) electrons. The van der Waals surface area contributed by atoms with Gasteiger partial charge in [0.1, 0.15) is 0 Å². The highest BCUT2D eigenvalue weighted by Crippen LogP contribution is 2.20. The van der Waals surface area contributed by atoms with E-state index in [4.69, 9.17) is 0 Å². The van der Waals surface area contributed by atoms with E-state index in [1.54, 1.807) is 0 Å². The van der Waals surface area contributed by atoms with Gasteiger partial charge in [-0.15, -0.1) is 0 Å². The van der Waals surface area contributed by atoms with E-state index in [0.717, 1.165) is 0 Å². The fourth-order valence-electron chi connectivity index (χ4n) is 1.62. The average molecular weight is 193 g/mol. The lowest BCUT2D eigenvalue weighted by Crippen LogP contribution is -2.25. The van der Waals surface area contributed by atoms with Crippen LogP contribution >= 0.6 is 11.8 Å². The van der Waals surface area contributed by atoms with Gasteiger partial charge in [0.05, 0.1) is 0 Å². The molecule has 70 valence electrons. The van der Waals surface area contributed by atoms with Crippen molar-refractivity contribution in [2.45, 2.75) is 18.9 Å². The number of nitrogens with one attached hydrogen (secondary N) is 1. The van der Waals surface area contributed by atoms with Gasteiger partial charge in [0, 0.05) is 17.5 Å². The number of hydrogen-bond donors (Lipinski definition) is 1. The summed E-state index contributed by atoms with van der Waals surface area (Å²) in [6.45, 7) is 0. The monoisotopic (exact) mass is 193 g/mol. The summed E-state index contributed by atoms with van der Waals surface area (Å²) in [4.78, 5) is 0. The normalized spacial score (nSPS) is 22.6. The first-order chi connectivity index (χ1) is 6.45. The Labute approximate surface area is 83.9 Å². The van der Waals surface area contributed by atoms with Crippen LogP contribution in [0.3, 0.4) is 0 Å². The van der Waals surface area contributed by atoms with E-state index >= 15 is 0 Å². The molecule has 13 heavy (non-hydrogen) atoms. The molecule has 0 bridgehead atoms. The summed E-state index contributed by atoms with van der Waals surface area (Å²) in [6, 6.07) is 11.2. The summed E-state index contributed by atoms with van der Waals surface area (Å²) in [5, 5.41) is 3.56. The van der Waals surface area contributed by atoms with E-state index in [1.807, 2.05) is 0 Å². The van der Waals surface area contributed by atoms with Crippen molar-refractivity contribution in [2.75, 3.05) is 16.8 Å². The van der Waals surface area contributed by atoms with E-state index in [-0.39, 0.29) is 0 Å². The molecule has 1 saturated heterocycles. The molecule has 1 aliphatic heterocycles. The van der Waals surface area contributed by atoms with E-state index in [1.165, 1.54) is 30.0 Å². The SMILES string of the molecule is c1ccc(N[C@H]2CCCSC2)cc1. The van der Waals surface area contributed by atoms with Crippen molar-refractivity contribution in [3.8, 4) is 0 Å². The number of hydrogen-bond acceptors (Lipinski definition) is 2. The third-order valence-corrected chi connectivity index (χ3v) is 3.52. The van der Waals surface area contributed by atoms with E-state index < -0.39 is 0 Å². The van der Waals surface area contributed by atoms with Crippen LogP contribution in [0.15, 0.2) is 30.3 Å². The summed E-state index contributed by atoms with van der Waals surface area (Å²) >= 11 is 2.06. The molecule has 0 amide bonds. The second-order valence-corrected chi connectivity index (χ2v) is 4.57. The molecule has 1 aliphatic rings. The molecule has 1 aromatic carbocycles. The van der Waals surface area contributed by atoms with Gasteiger partial charge in [-0.05, 0) is 30.7 Å². The number of benzene rings is 1. The Kier molecular flexibility index (Phi) is 3.14. The van der Waals surface area contributed by atoms with E-state index in [9.17, 15) is 0 Å². The Balaban J connectivity index is 1.90. The minimum Gasteiger partial charge on any atom is -0.381 e. The number of para-hydroxylation sites is 1. The summed E-state index contributed by atoms with van der Waals surface area (Å²) in [5.41, 5.74) is 1.26. The molecule has 0 spiro atoms. The van der Waals surface area contributed by atoms with Crippen molar-refractivity contribution in [3.05, 3.63) is 30.3 Å². The van der Waals surface area contributed by atoms with Gasteiger partial charge in [-0.3, -0.25) is 0 Å². The van der Waals surface area contributed by atoms with Crippen molar-refractivity contribution in [2.24, 2.45) is 0 Å². The fraction of sp³-hybridized carbons (Fsp3) is 0.455. The van der Waals surface area contributed by atoms with E-state index in [0.29, 0.717) is 6.04 Å². The van der Waals surface area contributed by atoms with Crippen molar-refractivity contribution in [3.63, 3.8) is 0 Å². The molecule has 0 aromatic heterocycles. The van der Waals surface area contributed by atoms with Gasteiger partial charge in [0.2, 0.25) is 0 Å². The first-order valence-electron chi connectivity index (χ1n) is 4.84. The van der Waals surface area contributed by atoms with Crippen LogP contribution in [-0.4, -0.2) is 17.5 Å². The molecule has 2 rings (SSSR count). The van der Waals surface area contributed by atoms with Crippen LogP contribution in [0.5, 0.6) is 0 Å². The van der Waals surface area contributed by atoms with Gasteiger partial charge in [-0.1, -0.05) is 18.2 Å². The highest BCUT2D eigenvalue weighted by Gasteiger charge is 2.12. The zero-order valence-electron chi connectivity index (χ0n) is 7.70. The lowest BCUT2D eigenvalue weighted by atomic mass is 10.2. The smallest absolute Gasteiger partial charge is 0.0352 e. The number of rotatable bonds is 2. The predicted molar refractivity (Wildman–Crippen MR) is 60.4 cm³/mol. The Morgan fingerprint density at radius 2 is 2.08 bits per heavy atom. The fourth-order valence-corrected chi connectivity index (χ4v) is 2.70. The maximum Gasteiger partial charge on any atom is 0.0352 e. The molecule has 1 fully saturated rings. The summed E-state index contributed by atoms with van der Waals surface area (Å²) in [5.74, 6) is 2.60. The van der Waals surface area contributed by atoms with Crippen LogP contribution in [0.2, 0.25) is 0 Å². The second-order valence-electron chi connectivity index (χ2n) is 3.42. The van der Waals surface area contributed by atoms with Crippen LogP contribution < -0.4 is 5.32 Å². The zero-order valence-corrected chi connectivity index (χ0v) is 8.52. The molecule has 0 saturated carbocycles. The third kappa shape index (κ3) is 2.66. The quantitative estimate of drug-likeness (QED) is 0.775. The number of anilines is 1. The van der Waals surface area contributed by atoms with Crippen LogP contribution in [0.4, 0.5) is 5.69 Å². The summed E-state index contributed by atoms with van der Waals surface area (Å²) < 4.78 is 0. The van der Waals surface area contributed by atoms with Crippen LogP contribution in [0.25, 0.3) is 0 Å². The van der Waals surface area contributed by atoms with Crippen molar-refractivity contribution < 1.29 is 0 Å². The molecular formula is C11H15NS. The van der Waals surface area contributed by atoms with Gasteiger partial charge in [-0.2, -0.15) is 11.8 Å². The first-order valence-corrected chi connectivity index (χ1v) is 6.00. The highest BCUT2D eigenvalue weighted by molar-refractivity contribution is 7.99. The molecule has 1 nitrogen and oxygen atoms in total. The Morgan fingerprint density at radius 1 is 1.23 bits per heavy atom. The maximum absolute atomic E-state index is 3.56. The van der Waals surface area contributed by atoms with Gasteiger partial charge in [0.25, 0.3) is 0 Å². The number of thioether (sulfide) groups is 1. The standard InChI is InChI=1S/C11H15NS/c1-2-5-10(6-3-1)12-11-7-4-8-13-9-11/h1-3,5-6,11-12H,4,7-9H2/t11-/m0/s1. The molecule has 1 atom stereocenters. The van der Waals surface area contributed by atoms with E-state index in [2.05, 4.69) is 47.4 Å². The molecule has 0 unspecified atom stereocenters. The highest BCUT2D eigenvalue weighted by atomic mass is 32.2. The van der Waals surface area contributed by atoms with Gasteiger partial charge in [-0.25, -0.2) is 0 Å². The van der Waals surface area contributed by atoms with Crippen molar-refractivity contribution in [1.29, 1.82) is 0 Å². The van der Waals surface area contributed by atoms with Crippen molar-refractivity contribution >= 4 is 17.4 Å². The lowest BCUT2D eigenvalue weighted by Gasteiger charge is -2.23. The van der Waals surface area contributed by atoms with Crippen molar-refractivity contribution in [1.82, 2.24) is 0 Å². The average Bonchev–Trinajstić information content (AvgIpc) is 2.21. The first kappa shape index (κ1) is 8.95. The molecule has 0 aliphatic carbocycles. The second kappa shape index (κ2) is 4.56. The molecule has 1 heterocycles. The Morgan fingerprint density at radius 3 is 2.77 bits per heavy atom.